The molecule has 1 amide bonds. The summed E-state index contributed by atoms with van der Waals surface area (Å²) < 4.78 is 0. The van der Waals surface area contributed by atoms with Gasteiger partial charge in [0, 0.05) is 0 Å². The van der Waals surface area contributed by atoms with Gasteiger partial charge in [0.05, 0.1) is 6.04 Å². The first-order valence-corrected chi connectivity index (χ1v) is 4.12. The van der Waals surface area contributed by atoms with Crippen LogP contribution in [0.2, 0.25) is 0 Å². The van der Waals surface area contributed by atoms with Crippen LogP contribution in [0.3, 0.4) is 0 Å². The van der Waals surface area contributed by atoms with Crippen LogP contribution in [-0.2, 0) is 11.2 Å². The molecule has 0 bridgehead atoms. The SMILES string of the molecule is O=[C]NC1CCc2ccccc21. The van der Waals surface area contributed by atoms with Gasteiger partial charge in [-0.3, -0.25) is 4.79 Å². The zero-order valence-corrected chi connectivity index (χ0v) is 6.71. The molecule has 1 unspecified atom stereocenters. The van der Waals surface area contributed by atoms with Gasteiger partial charge >= 0.3 is 6.41 Å². The van der Waals surface area contributed by atoms with Crippen LogP contribution in [0.15, 0.2) is 24.3 Å². The second-order valence-corrected chi connectivity index (χ2v) is 3.04. The fourth-order valence-electron chi connectivity index (χ4n) is 1.78. The summed E-state index contributed by atoms with van der Waals surface area (Å²) in [6.07, 6.45) is 3.82. The van der Waals surface area contributed by atoms with E-state index in [1.165, 1.54) is 11.1 Å². The molecule has 1 aromatic carbocycles. The molecular weight excluding hydrogens is 150 g/mol. The Labute approximate surface area is 71.6 Å². The second-order valence-electron chi connectivity index (χ2n) is 3.04. The third kappa shape index (κ3) is 1.09. The van der Waals surface area contributed by atoms with Crippen molar-refractivity contribution in [2.45, 2.75) is 18.9 Å². The number of hydrogen-bond donors (Lipinski definition) is 1. The standard InChI is InChI=1S/C10H10NO/c12-7-11-10-6-5-8-3-1-2-4-9(8)10/h1-4,10H,5-6H2,(H,11,12). The van der Waals surface area contributed by atoms with Crippen LogP contribution in [0.25, 0.3) is 0 Å². The molecule has 0 heterocycles. The number of rotatable bonds is 2. The molecule has 0 saturated heterocycles. The predicted molar refractivity (Wildman–Crippen MR) is 46.3 cm³/mol. The van der Waals surface area contributed by atoms with Crippen LogP contribution in [0.1, 0.15) is 23.6 Å². The summed E-state index contributed by atoms with van der Waals surface area (Å²) in [4.78, 5) is 10.1. The number of carbonyl (C=O) groups excluding carboxylic acids is 1. The zero-order chi connectivity index (χ0) is 8.39. The van der Waals surface area contributed by atoms with Gasteiger partial charge in [-0.15, -0.1) is 0 Å². The molecule has 0 saturated carbocycles. The number of aryl methyl sites for hydroxylation is 1. The lowest BCUT2D eigenvalue weighted by Crippen LogP contribution is -2.16. The molecule has 1 aliphatic carbocycles. The van der Waals surface area contributed by atoms with E-state index in [9.17, 15) is 4.79 Å². The van der Waals surface area contributed by atoms with E-state index in [4.69, 9.17) is 0 Å². The fraction of sp³-hybridized carbons (Fsp3) is 0.300. The average molecular weight is 160 g/mol. The molecule has 12 heavy (non-hydrogen) atoms. The first-order valence-electron chi connectivity index (χ1n) is 4.12. The van der Waals surface area contributed by atoms with Gasteiger partial charge in [-0.25, -0.2) is 0 Å². The molecule has 1 aromatic rings. The van der Waals surface area contributed by atoms with E-state index >= 15 is 0 Å². The third-order valence-corrected chi connectivity index (χ3v) is 2.37. The van der Waals surface area contributed by atoms with E-state index in [1.54, 1.807) is 6.41 Å². The van der Waals surface area contributed by atoms with E-state index in [1.807, 2.05) is 12.1 Å². The number of nitrogens with one attached hydrogen (secondary N) is 1. The van der Waals surface area contributed by atoms with Crippen molar-refractivity contribution in [3.05, 3.63) is 35.4 Å². The summed E-state index contributed by atoms with van der Waals surface area (Å²) in [6.45, 7) is 0. The maximum atomic E-state index is 10.1. The number of hydrogen-bond acceptors (Lipinski definition) is 1. The molecule has 1 radical (unpaired) electrons. The van der Waals surface area contributed by atoms with E-state index in [0.717, 1.165) is 12.8 Å². The molecule has 0 fully saturated rings. The van der Waals surface area contributed by atoms with Crippen molar-refractivity contribution in [1.82, 2.24) is 5.32 Å². The maximum absolute atomic E-state index is 10.1. The molecule has 2 rings (SSSR count). The van der Waals surface area contributed by atoms with Crippen molar-refractivity contribution in [2.24, 2.45) is 0 Å². The number of amides is 1. The van der Waals surface area contributed by atoms with Gasteiger partial charge < -0.3 is 5.32 Å². The summed E-state index contributed by atoms with van der Waals surface area (Å²) in [5.41, 5.74) is 2.60. The lowest BCUT2D eigenvalue weighted by molar-refractivity contribution is 0.520. The lowest BCUT2D eigenvalue weighted by Gasteiger charge is -2.07. The Morgan fingerprint density at radius 2 is 2.25 bits per heavy atom. The third-order valence-electron chi connectivity index (χ3n) is 2.37. The quantitative estimate of drug-likeness (QED) is 0.650. The molecular formula is C10H10NO. The second kappa shape index (κ2) is 2.97. The maximum Gasteiger partial charge on any atom is 0.309 e. The van der Waals surface area contributed by atoms with Gasteiger partial charge in [-0.2, -0.15) is 0 Å². The van der Waals surface area contributed by atoms with Crippen LogP contribution in [0.4, 0.5) is 0 Å². The molecule has 0 spiro atoms. The van der Waals surface area contributed by atoms with Crippen molar-refractivity contribution in [3.8, 4) is 0 Å². The number of benzene rings is 1. The molecule has 1 N–H and O–H groups in total. The summed E-state index contributed by atoms with van der Waals surface area (Å²) >= 11 is 0. The van der Waals surface area contributed by atoms with Gasteiger partial charge in [0.1, 0.15) is 0 Å². The minimum atomic E-state index is 0.193. The van der Waals surface area contributed by atoms with E-state index < -0.39 is 0 Å². The van der Waals surface area contributed by atoms with Crippen LogP contribution >= 0.6 is 0 Å². The van der Waals surface area contributed by atoms with Crippen molar-refractivity contribution in [1.29, 1.82) is 0 Å². The topological polar surface area (TPSA) is 29.1 Å². The summed E-state index contributed by atoms with van der Waals surface area (Å²) in [6, 6.07) is 8.41. The molecule has 1 atom stereocenters. The first kappa shape index (κ1) is 7.35. The fourth-order valence-corrected chi connectivity index (χ4v) is 1.78. The van der Waals surface area contributed by atoms with Crippen molar-refractivity contribution >= 4 is 6.41 Å². The van der Waals surface area contributed by atoms with Crippen LogP contribution in [0.5, 0.6) is 0 Å². The zero-order valence-electron chi connectivity index (χ0n) is 6.71. The summed E-state index contributed by atoms with van der Waals surface area (Å²) in [5.74, 6) is 0. The van der Waals surface area contributed by atoms with E-state index in [0.29, 0.717) is 0 Å². The summed E-state index contributed by atoms with van der Waals surface area (Å²) in [7, 11) is 0. The largest absolute Gasteiger partial charge is 0.341 e. The van der Waals surface area contributed by atoms with Crippen molar-refractivity contribution in [2.75, 3.05) is 0 Å². The smallest absolute Gasteiger partial charge is 0.309 e. The minimum absolute atomic E-state index is 0.193. The molecule has 1 aliphatic rings. The predicted octanol–water partition coefficient (Wildman–Crippen LogP) is 1.33. The monoisotopic (exact) mass is 160 g/mol. The Kier molecular flexibility index (Phi) is 1.82. The van der Waals surface area contributed by atoms with Crippen molar-refractivity contribution < 1.29 is 4.79 Å². The molecule has 0 aromatic heterocycles. The highest BCUT2D eigenvalue weighted by atomic mass is 16.1. The normalized spacial score (nSPS) is 20.2. The molecule has 2 heteroatoms. The average Bonchev–Trinajstić information content (AvgIpc) is 2.50. The van der Waals surface area contributed by atoms with Crippen LogP contribution < -0.4 is 5.32 Å². The highest BCUT2D eigenvalue weighted by Gasteiger charge is 2.20. The van der Waals surface area contributed by atoms with Crippen molar-refractivity contribution in [3.63, 3.8) is 0 Å². The highest BCUT2D eigenvalue weighted by molar-refractivity contribution is 5.50. The van der Waals surface area contributed by atoms with Gasteiger partial charge in [0.25, 0.3) is 0 Å². The van der Waals surface area contributed by atoms with Crippen LogP contribution in [-0.4, -0.2) is 6.41 Å². The van der Waals surface area contributed by atoms with E-state index in [-0.39, 0.29) is 6.04 Å². The van der Waals surface area contributed by atoms with E-state index in [2.05, 4.69) is 17.4 Å². The Morgan fingerprint density at radius 3 is 3.08 bits per heavy atom. The Balaban J connectivity index is 2.29. The van der Waals surface area contributed by atoms with Gasteiger partial charge in [0.15, 0.2) is 0 Å². The van der Waals surface area contributed by atoms with Gasteiger partial charge in [-0.05, 0) is 24.0 Å². The first-order chi connectivity index (χ1) is 5.92. The van der Waals surface area contributed by atoms with Gasteiger partial charge in [-0.1, -0.05) is 24.3 Å². The Hall–Kier alpha value is -1.31. The Morgan fingerprint density at radius 1 is 1.42 bits per heavy atom. The summed E-state index contributed by atoms with van der Waals surface area (Å²) in [5, 5.41) is 2.70. The van der Waals surface area contributed by atoms with Gasteiger partial charge in [0.2, 0.25) is 0 Å². The Bertz CT molecular complexity index is 296. The van der Waals surface area contributed by atoms with Crippen LogP contribution in [0, 0.1) is 0 Å². The minimum Gasteiger partial charge on any atom is -0.341 e. The number of fused-ring (bicyclic) bond motifs is 1. The molecule has 61 valence electrons. The molecule has 0 aliphatic heterocycles. The highest BCUT2D eigenvalue weighted by Crippen LogP contribution is 2.29. The molecule has 2 nitrogen and oxygen atoms in total. The lowest BCUT2D eigenvalue weighted by atomic mass is 10.1.